The van der Waals surface area contributed by atoms with Crippen LogP contribution in [0.4, 0.5) is 0 Å². The first-order valence-corrected chi connectivity index (χ1v) is 7.08. The lowest BCUT2D eigenvalue weighted by Crippen LogP contribution is -2.39. The molecule has 0 aliphatic rings. The molecule has 108 valence electrons. The summed E-state index contributed by atoms with van der Waals surface area (Å²) < 4.78 is 11.3. The van der Waals surface area contributed by atoms with Crippen molar-refractivity contribution in [3.8, 4) is 0 Å². The first kappa shape index (κ1) is 14.8. The highest BCUT2D eigenvalue weighted by atomic mass is 16.5. The van der Waals surface area contributed by atoms with E-state index >= 15 is 0 Å². The minimum atomic E-state index is -0.200. The Morgan fingerprint density at radius 1 is 1.15 bits per heavy atom. The third kappa shape index (κ3) is 3.95. The average Bonchev–Trinajstić information content (AvgIpc) is 2.94. The van der Waals surface area contributed by atoms with Crippen molar-refractivity contribution in [1.29, 1.82) is 0 Å². The van der Waals surface area contributed by atoms with E-state index in [-0.39, 0.29) is 11.6 Å². The number of benzene rings is 1. The molecule has 0 radical (unpaired) electrons. The molecule has 2 rings (SSSR count). The SMILES string of the molecule is CCOC(C)(C)CNC(c1ccccc1)c1ccco1. The fourth-order valence-electron chi connectivity index (χ4n) is 2.27. The van der Waals surface area contributed by atoms with Crippen LogP contribution in [0.3, 0.4) is 0 Å². The number of nitrogens with one attached hydrogen (secondary N) is 1. The molecule has 0 aliphatic carbocycles. The molecule has 0 aliphatic heterocycles. The predicted molar refractivity (Wildman–Crippen MR) is 80.7 cm³/mol. The van der Waals surface area contributed by atoms with Gasteiger partial charge in [-0.2, -0.15) is 0 Å². The molecule has 0 spiro atoms. The van der Waals surface area contributed by atoms with Crippen molar-refractivity contribution in [2.24, 2.45) is 0 Å². The molecular formula is C17H23NO2. The standard InChI is InChI=1S/C17H23NO2/c1-4-20-17(2,3)13-18-16(15-11-8-12-19-15)14-9-6-5-7-10-14/h5-12,16,18H,4,13H2,1-3H3. The summed E-state index contributed by atoms with van der Waals surface area (Å²) in [5.74, 6) is 0.920. The van der Waals surface area contributed by atoms with E-state index in [0.717, 1.165) is 12.3 Å². The van der Waals surface area contributed by atoms with Gasteiger partial charge in [0.2, 0.25) is 0 Å². The Balaban J connectivity index is 2.13. The second-order valence-corrected chi connectivity index (χ2v) is 5.43. The van der Waals surface area contributed by atoms with E-state index in [1.54, 1.807) is 6.26 Å². The summed E-state index contributed by atoms with van der Waals surface area (Å²) in [5, 5.41) is 3.54. The Labute approximate surface area is 121 Å². The molecule has 1 unspecified atom stereocenters. The average molecular weight is 273 g/mol. The zero-order valence-corrected chi connectivity index (χ0v) is 12.4. The van der Waals surface area contributed by atoms with E-state index < -0.39 is 0 Å². The van der Waals surface area contributed by atoms with Crippen LogP contribution in [-0.2, 0) is 4.74 Å². The van der Waals surface area contributed by atoms with Crippen LogP contribution in [0.15, 0.2) is 53.1 Å². The summed E-state index contributed by atoms with van der Waals surface area (Å²) in [7, 11) is 0. The van der Waals surface area contributed by atoms with Crippen molar-refractivity contribution < 1.29 is 9.15 Å². The van der Waals surface area contributed by atoms with Crippen molar-refractivity contribution in [2.75, 3.05) is 13.2 Å². The van der Waals surface area contributed by atoms with E-state index in [1.807, 2.05) is 37.3 Å². The van der Waals surface area contributed by atoms with Gasteiger partial charge in [-0.3, -0.25) is 0 Å². The van der Waals surface area contributed by atoms with Crippen LogP contribution in [0, 0.1) is 0 Å². The van der Waals surface area contributed by atoms with Crippen LogP contribution in [0.25, 0.3) is 0 Å². The molecule has 1 aromatic heterocycles. The minimum Gasteiger partial charge on any atom is -0.467 e. The maximum atomic E-state index is 5.74. The monoisotopic (exact) mass is 273 g/mol. The third-order valence-electron chi connectivity index (χ3n) is 3.23. The van der Waals surface area contributed by atoms with Gasteiger partial charge < -0.3 is 14.5 Å². The molecule has 0 saturated heterocycles. The van der Waals surface area contributed by atoms with Crippen LogP contribution in [-0.4, -0.2) is 18.8 Å². The second kappa shape index (κ2) is 6.73. The fraction of sp³-hybridized carbons (Fsp3) is 0.412. The van der Waals surface area contributed by atoms with Gasteiger partial charge in [0.25, 0.3) is 0 Å². The molecular weight excluding hydrogens is 250 g/mol. The van der Waals surface area contributed by atoms with Gasteiger partial charge >= 0.3 is 0 Å². The van der Waals surface area contributed by atoms with Gasteiger partial charge in [-0.1, -0.05) is 30.3 Å². The highest BCUT2D eigenvalue weighted by molar-refractivity contribution is 5.26. The molecule has 1 atom stereocenters. The van der Waals surface area contributed by atoms with Crippen LogP contribution in [0.5, 0.6) is 0 Å². The molecule has 3 heteroatoms. The summed E-state index contributed by atoms with van der Waals surface area (Å²) in [6, 6.07) is 14.3. The van der Waals surface area contributed by atoms with E-state index in [4.69, 9.17) is 9.15 Å². The molecule has 1 N–H and O–H groups in total. The lowest BCUT2D eigenvalue weighted by molar-refractivity contribution is -0.0102. The second-order valence-electron chi connectivity index (χ2n) is 5.43. The summed E-state index contributed by atoms with van der Waals surface area (Å²) in [6.45, 7) is 7.66. The van der Waals surface area contributed by atoms with Crippen molar-refractivity contribution in [3.05, 3.63) is 60.1 Å². The summed E-state index contributed by atoms with van der Waals surface area (Å²) in [4.78, 5) is 0. The highest BCUT2D eigenvalue weighted by Crippen LogP contribution is 2.23. The summed E-state index contributed by atoms with van der Waals surface area (Å²) >= 11 is 0. The Hall–Kier alpha value is -1.58. The van der Waals surface area contributed by atoms with Gasteiger partial charge in [-0.15, -0.1) is 0 Å². The van der Waals surface area contributed by atoms with Crippen molar-refractivity contribution >= 4 is 0 Å². The van der Waals surface area contributed by atoms with Gasteiger partial charge in [0.05, 0.1) is 17.9 Å². The van der Waals surface area contributed by atoms with Crippen LogP contribution in [0.2, 0.25) is 0 Å². The molecule has 0 saturated carbocycles. The van der Waals surface area contributed by atoms with E-state index in [1.165, 1.54) is 5.56 Å². The molecule has 0 bridgehead atoms. The van der Waals surface area contributed by atoms with Crippen LogP contribution >= 0.6 is 0 Å². The molecule has 1 aromatic carbocycles. The van der Waals surface area contributed by atoms with E-state index in [0.29, 0.717) is 6.61 Å². The highest BCUT2D eigenvalue weighted by Gasteiger charge is 2.22. The van der Waals surface area contributed by atoms with E-state index in [9.17, 15) is 0 Å². The normalized spacial score (nSPS) is 13.3. The Morgan fingerprint density at radius 2 is 1.90 bits per heavy atom. The number of ether oxygens (including phenoxy) is 1. The van der Waals surface area contributed by atoms with Gasteiger partial charge in [-0.05, 0) is 38.5 Å². The van der Waals surface area contributed by atoms with Crippen LogP contribution in [0.1, 0.15) is 38.1 Å². The topological polar surface area (TPSA) is 34.4 Å². The first-order chi connectivity index (χ1) is 9.62. The Kier molecular flexibility index (Phi) is 4.99. The van der Waals surface area contributed by atoms with Crippen molar-refractivity contribution in [3.63, 3.8) is 0 Å². The molecule has 1 heterocycles. The van der Waals surface area contributed by atoms with E-state index in [2.05, 4.69) is 31.3 Å². The Bertz CT molecular complexity index is 491. The van der Waals surface area contributed by atoms with Crippen LogP contribution < -0.4 is 5.32 Å². The summed E-state index contributed by atoms with van der Waals surface area (Å²) in [6.07, 6.45) is 1.71. The third-order valence-corrected chi connectivity index (χ3v) is 3.23. The van der Waals surface area contributed by atoms with Gasteiger partial charge in [0.1, 0.15) is 5.76 Å². The van der Waals surface area contributed by atoms with Gasteiger partial charge in [0, 0.05) is 13.2 Å². The largest absolute Gasteiger partial charge is 0.467 e. The molecule has 0 fully saturated rings. The maximum Gasteiger partial charge on any atom is 0.125 e. The zero-order valence-electron chi connectivity index (χ0n) is 12.4. The van der Waals surface area contributed by atoms with Gasteiger partial charge in [-0.25, -0.2) is 0 Å². The molecule has 0 amide bonds. The number of furan rings is 1. The van der Waals surface area contributed by atoms with Crippen molar-refractivity contribution in [2.45, 2.75) is 32.4 Å². The quantitative estimate of drug-likeness (QED) is 0.833. The molecule has 3 nitrogen and oxygen atoms in total. The van der Waals surface area contributed by atoms with Gasteiger partial charge in [0.15, 0.2) is 0 Å². The molecule has 2 aromatic rings. The Morgan fingerprint density at radius 3 is 2.50 bits per heavy atom. The summed E-state index contributed by atoms with van der Waals surface area (Å²) in [5.41, 5.74) is 0.990. The zero-order chi connectivity index (χ0) is 14.4. The number of hydrogen-bond acceptors (Lipinski definition) is 3. The first-order valence-electron chi connectivity index (χ1n) is 7.08. The lowest BCUT2D eigenvalue weighted by atomic mass is 10.0. The number of hydrogen-bond donors (Lipinski definition) is 1. The fourth-order valence-corrected chi connectivity index (χ4v) is 2.27. The molecule has 20 heavy (non-hydrogen) atoms. The lowest BCUT2D eigenvalue weighted by Gasteiger charge is -2.28. The minimum absolute atomic E-state index is 0.0472. The van der Waals surface area contributed by atoms with Crippen molar-refractivity contribution in [1.82, 2.24) is 5.32 Å². The smallest absolute Gasteiger partial charge is 0.125 e. The predicted octanol–water partition coefficient (Wildman–Crippen LogP) is 3.77. The maximum absolute atomic E-state index is 5.74. The number of rotatable bonds is 7.